The molecule has 0 saturated carbocycles. The van der Waals surface area contributed by atoms with Crippen LogP contribution in [0, 0.1) is 17.7 Å². The first kappa shape index (κ1) is 23.6. The minimum Gasteiger partial charge on any atom is -0.497 e. The summed E-state index contributed by atoms with van der Waals surface area (Å²) in [5, 5.41) is 3.73. The minimum absolute atomic E-state index is 0.0198. The molecule has 1 saturated heterocycles. The van der Waals surface area contributed by atoms with Gasteiger partial charge in [-0.05, 0) is 68.1 Å². The average Bonchev–Trinajstić information content (AvgIpc) is 2.76. The number of methoxy groups -OCH3 is 1. The van der Waals surface area contributed by atoms with Crippen LogP contribution in [-0.2, 0) is 11.3 Å². The number of nitrogens with one attached hydrogen (secondary N) is 1. The fraction of sp³-hybridized carbons (Fsp3) is 0.480. The summed E-state index contributed by atoms with van der Waals surface area (Å²) in [6.07, 6.45) is 2.40. The smallest absolute Gasteiger partial charge is 0.223 e. The molecule has 0 unspecified atom stereocenters. The lowest BCUT2D eigenvalue weighted by molar-refractivity contribution is -0.127. The molecule has 1 amide bonds. The minimum atomic E-state index is -0.275. The van der Waals surface area contributed by atoms with Crippen molar-refractivity contribution in [1.29, 1.82) is 0 Å². The summed E-state index contributed by atoms with van der Waals surface area (Å²) < 4.78 is 19.3. The van der Waals surface area contributed by atoms with Crippen LogP contribution in [0.3, 0.4) is 0 Å². The molecule has 1 N–H and O–H groups in total. The Kier molecular flexibility index (Phi) is 8.33. The van der Waals surface area contributed by atoms with Crippen LogP contribution in [0.15, 0.2) is 42.5 Å². The van der Waals surface area contributed by atoms with Crippen LogP contribution in [0.25, 0.3) is 0 Å². The van der Waals surface area contributed by atoms with E-state index in [2.05, 4.69) is 24.1 Å². The Morgan fingerprint density at radius 2 is 1.87 bits per heavy atom. The molecule has 1 heterocycles. The summed E-state index contributed by atoms with van der Waals surface area (Å²) in [7, 11) is 1.65. The Bertz CT molecular complexity index is 844. The third-order valence-electron chi connectivity index (χ3n) is 5.94. The van der Waals surface area contributed by atoms with Crippen molar-refractivity contribution in [2.75, 3.05) is 20.2 Å². The van der Waals surface area contributed by atoms with Gasteiger partial charge in [-0.15, -0.1) is 0 Å². The third kappa shape index (κ3) is 6.44. The van der Waals surface area contributed by atoms with E-state index >= 15 is 0 Å². The summed E-state index contributed by atoms with van der Waals surface area (Å²) in [6.45, 7) is 6.30. The summed E-state index contributed by atoms with van der Waals surface area (Å²) >= 11 is 6.17. The van der Waals surface area contributed by atoms with Crippen LogP contribution >= 0.6 is 11.6 Å². The Labute approximate surface area is 189 Å². The quantitative estimate of drug-likeness (QED) is 0.573. The lowest BCUT2D eigenvalue weighted by Crippen LogP contribution is -2.41. The molecule has 2 aromatic rings. The van der Waals surface area contributed by atoms with Gasteiger partial charge in [-0.25, -0.2) is 4.39 Å². The number of likely N-dealkylation sites (tertiary alicyclic amines) is 1. The predicted octanol–water partition coefficient (Wildman–Crippen LogP) is 5.60. The molecule has 1 aliphatic rings. The highest BCUT2D eigenvalue weighted by Gasteiger charge is 2.28. The monoisotopic (exact) mass is 446 g/mol. The van der Waals surface area contributed by atoms with Crippen molar-refractivity contribution >= 4 is 17.5 Å². The van der Waals surface area contributed by atoms with Gasteiger partial charge in [0.1, 0.15) is 11.6 Å². The van der Waals surface area contributed by atoms with Gasteiger partial charge in [0.15, 0.2) is 0 Å². The van der Waals surface area contributed by atoms with Crippen LogP contribution in [0.2, 0.25) is 5.02 Å². The van der Waals surface area contributed by atoms with Crippen LogP contribution in [-0.4, -0.2) is 31.0 Å². The first-order valence-corrected chi connectivity index (χ1v) is 11.3. The molecule has 0 radical (unpaired) electrons. The Balaban J connectivity index is 1.58. The molecule has 0 aliphatic carbocycles. The van der Waals surface area contributed by atoms with E-state index in [1.807, 2.05) is 24.3 Å². The second kappa shape index (κ2) is 11.0. The topological polar surface area (TPSA) is 41.6 Å². The zero-order valence-corrected chi connectivity index (χ0v) is 19.3. The van der Waals surface area contributed by atoms with Crippen molar-refractivity contribution in [2.45, 2.75) is 45.7 Å². The zero-order chi connectivity index (χ0) is 22.4. The largest absolute Gasteiger partial charge is 0.497 e. The van der Waals surface area contributed by atoms with E-state index in [1.165, 1.54) is 6.07 Å². The number of benzene rings is 2. The number of carbonyl (C=O) groups excluding carboxylic acids is 1. The summed E-state index contributed by atoms with van der Waals surface area (Å²) in [5.74, 6) is 1.06. The molecule has 0 spiro atoms. The Hall–Kier alpha value is -2.11. The molecule has 3 rings (SSSR count). The van der Waals surface area contributed by atoms with Crippen molar-refractivity contribution in [3.05, 3.63) is 64.4 Å². The molecule has 0 bridgehead atoms. The molecular formula is C25H32ClFN2O2. The second-order valence-electron chi connectivity index (χ2n) is 8.71. The number of hydrogen-bond acceptors (Lipinski definition) is 3. The number of halogens is 2. The Morgan fingerprint density at radius 1 is 1.19 bits per heavy atom. The number of rotatable bonds is 8. The molecule has 2 aromatic carbocycles. The molecule has 1 atom stereocenters. The molecular weight excluding hydrogens is 415 g/mol. The van der Waals surface area contributed by atoms with Crippen molar-refractivity contribution in [2.24, 2.45) is 11.8 Å². The number of hydrogen-bond donors (Lipinski definition) is 1. The van der Waals surface area contributed by atoms with Gasteiger partial charge in [-0.2, -0.15) is 0 Å². The van der Waals surface area contributed by atoms with Gasteiger partial charge in [-0.3, -0.25) is 9.69 Å². The van der Waals surface area contributed by atoms with Crippen LogP contribution in [0.4, 0.5) is 4.39 Å². The number of piperidine rings is 1. The van der Waals surface area contributed by atoms with Crippen molar-refractivity contribution in [1.82, 2.24) is 10.2 Å². The van der Waals surface area contributed by atoms with Crippen LogP contribution in [0.1, 0.15) is 50.3 Å². The van der Waals surface area contributed by atoms with E-state index in [-0.39, 0.29) is 23.7 Å². The summed E-state index contributed by atoms with van der Waals surface area (Å²) in [5.41, 5.74) is 1.62. The number of amides is 1. The maximum Gasteiger partial charge on any atom is 0.223 e. The van der Waals surface area contributed by atoms with Gasteiger partial charge in [0.05, 0.1) is 13.2 Å². The third-order valence-corrected chi connectivity index (χ3v) is 6.30. The molecule has 31 heavy (non-hydrogen) atoms. The summed E-state index contributed by atoms with van der Waals surface area (Å²) in [4.78, 5) is 15.2. The van der Waals surface area contributed by atoms with Crippen molar-refractivity contribution in [3.8, 4) is 5.75 Å². The van der Waals surface area contributed by atoms with Gasteiger partial charge in [0.25, 0.3) is 0 Å². The van der Waals surface area contributed by atoms with Gasteiger partial charge in [0, 0.05) is 23.0 Å². The van der Waals surface area contributed by atoms with Crippen LogP contribution in [0.5, 0.6) is 5.75 Å². The number of ether oxygens (including phenoxy) is 1. The highest BCUT2D eigenvalue weighted by atomic mass is 35.5. The molecule has 4 nitrogen and oxygen atoms in total. The predicted molar refractivity (Wildman–Crippen MR) is 123 cm³/mol. The van der Waals surface area contributed by atoms with E-state index in [0.717, 1.165) is 43.7 Å². The molecule has 6 heteroatoms. The first-order valence-electron chi connectivity index (χ1n) is 11.0. The fourth-order valence-electron chi connectivity index (χ4n) is 4.14. The van der Waals surface area contributed by atoms with Crippen molar-refractivity contribution in [3.63, 3.8) is 0 Å². The van der Waals surface area contributed by atoms with Gasteiger partial charge in [0.2, 0.25) is 5.91 Å². The molecule has 168 valence electrons. The summed E-state index contributed by atoms with van der Waals surface area (Å²) in [6, 6.07) is 12.7. The van der Waals surface area contributed by atoms with Crippen molar-refractivity contribution < 1.29 is 13.9 Å². The zero-order valence-electron chi connectivity index (χ0n) is 18.5. The van der Waals surface area contributed by atoms with E-state index in [1.54, 1.807) is 19.2 Å². The van der Waals surface area contributed by atoms with Crippen LogP contribution < -0.4 is 10.1 Å². The van der Waals surface area contributed by atoms with Gasteiger partial charge in [-0.1, -0.05) is 43.6 Å². The maximum atomic E-state index is 14.1. The standard InChI is InChI=1S/C25H32ClFN2O2/c1-17(2)15-24(18-7-9-20(31-3)10-8-18)28-25(30)19-11-13-29(14-12-19)16-21-22(26)5-4-6-23(21)27/h4-10,17,19,24H,11-16H2,1-3H3,(H,28,30)/t24-/m1/s1. The molecule has 0 aromatic heterocycles. The van der Waals surface area contributed by atoms with E-state index in [9.17, 15) is 9.18 Å². The first-order chi connectivity index (χ1) is 14.9. The fourth-order valence-corrected chi connectivity index (χ4v) is 4.36. The molecule has 1 aliphatic heterocycles. The lowest BCUT2D eigenvalue weighted by atomic mass is 9.92. The highest BCUT2D eigenvalue weighted by Crippen LogP contribution is 2.27. The maximum absolute atomic E-state index is 14.1. The van der Waals surface area contributed by atoms with E-state index in [4.69, 9.17) is 16.3 Å². The van der Waals surface area contributed by atoms with Gasteiger partial charge >= 0.3 is 0 Å². The van der Waals surface area contributed by atoms with E-state index < -0.39 is 0 Å². The highest BCUT2D eigenvalue weighted by molar-refractivity contribution is 6.31. The normalized spacial score (nSPS) is 16.3. The van der Waals surface area contributed by atoms with E-state index in [0.29, 0.717) is 23.0 Å². The number of carbonyl (C=O) groups is 1. The second-order valence-corrected chi connectivity index (χ2v) is 9.12. The van der Waals surface area contributed by atoms with Gasteiger partial charge < -0.3 is 10.1 Å². The molecule has 1 fully saturated rings. The Morgan fingerprint density at radius 3 is 2.45 bits per heavy atom. The lowest BCUT2D eigenvalue weighted by Gasteiger charge is -2.32. The SMILES string of the molecule is COc1ccc([C@@H](CC(C)C)NC(=O)C2CCN(Cc3c(F)cccc3Cl)CC2)cc1. The average molecular weight is 447 g/mol. The number of nitrogens with zero attached hydrogens (tertiary/aromatic N) is 1.